The minimum Gasteiger partial charge on any atom is -0.496 e. The molecule has 1 aliphatic rings. The van der Waals surface area contributed by atoms with Crippen LogP contribution in [0, 0.1) is 0 Å². The molecule has 0 N–H and O–H groups in total. The molecule has 2 heteroatoms. The summed E-state index contributed by atoms with van der Waals surface area (Å²) in [6.07, 6.45) is 5.26. The van der Waals surface area contributed by atoms with Crippen LogP contribution in [-0.4, -0.2) is 7.11 Å². The number of allylic oxidation sites excluding steroid dienone is 1. The van der Waals surface area contributed by atoms with E-state index in [1.54, 1.807) is 7.11 Å². The normalized spacial score (nSPS) is 13.2. The molecule has 0 radical (unpaired) electrons. The van der Waals surface area contributed by atoms with Gasteiger partial charge in [0.1, 0.15) is 5.75 Å². The molecule has 0 fully saturated rings. The van der Waals surface area contributed by atoms with Gasteiger partial charge in [-0.05, 0) is 24.1 Å². The zero-order chi connectivity index (χ0) is 8.55. The van der Waals surface area contributed by atoms with Crippen LogP contribution < -0.4 is 4.74 Å². The summed E-state index contributed by atoms with van der Waals surface area (Å²) in [5.41, 5.74) is 2.54. The smallest absolute Gasteiger partial charge is 0.123 e. The zero-order valence-corrected chi connectivity index (χ0v) is 8.39. The molecule has 0 saturated heterocycles. The van der Waals surface area contributed by atoms with Crippen molar-refractivity contribution in [1.29, 1.82) is 0 Å². The summed E-state index contributed by atoms with van der Waals surface area (Å²) in [6.45, 7) is 0. The highest BCUT2D eigenvalue weighted by Crippen LogP contribution is 2.34. The average molecular weight is 225 g/mol. The Labute approximate surface area is 80.2 Å². The lowest BCUT2D eigenvalue weighted by Gasteiger charge is -2.07. The average Bonchev–Trinajstić information content (AvgIpc) is 2.54. The molecule has 1 aromatic rings. The number of methoxy groups -OCH3 is 1. The van der Waals surface area contributed by atoms with Crippen LogP contribution in [0.4, 0.5) is 0 Å². The number of hydrogen-bond donors (Lipinski definition) is 0. The molecular formula is C10H9BrO. The van der Waals surface area contributed by atoms with Crippen molar-refractivity contribution in [2.75, 3.05) is 7.11 Å². The van der Waals surface area contributed by atoms with Crippen LogP contribution in [0.1, 0.15) is 11.1 Å². The van der Waals surface area contributed by atoms with Gasteiger partial charge >= 0.3 is 0 Å². The van der Waals surface area contributed by atoms with Gasteiger partial charge in [-0.15, -0.1) is 0 Å². The molecule has 0 atom stereocenters. The van der Waals surface area contributed by atoms with Crippen LogP contribution >= 0.6 is 15.9 Å². The van der Waals surface area contributed by atoms with E-state index in [4.69, 9.17) is 4.74 Å². The monoisotopic (exact) mass is 224 g/mol. The molecule has 0 spiro atoms. The largest absolute Gasteiger partial charge is 0.496 e. The highest BCUT2D eigenvalue weighted by Gasteiger charge is 2.12. The second kappa shape index (κ2) is 2.94. The van der Waals surface area contributed by atoms with Gasteiger partial charge in [0, 0.05) is 10.0 Å². The van der Waals surface area contributed by atoms with Gasteiger partial charge in [0.05, 0.1) is 7.11 Å². The summed E-state index contributed by atoms with van der Waals surface area (Å²) in [6, 6.07) is 4.02. The highest BCUT2D eigenvalue weighted by atomic mass is 79.9. The van der Waals surface area contributed by atoms with Gasteiger partial charge < -0.3 is 4.74 Å². The first-order valence-corrected chi connectivity index (χ1v) is 4.64. The molecule has 12 heavy (non-hydrogen) atoms. The third kappa shape index (κ3) is 1.07. The predicted octanol–water partition coefficient (Wildman–Crippen LogP) is 3.03. The van der Waals surface area contributed by atoms with E-state index < -0.39 is 0 Å². The molecule has 0 bridgehead atoms. The fourth-order valence-corrected chi connectivity index (χ4v) is 2.00. The lowest BCUT2D eigenvalue weighted by Crippen LogP contribution is -1.91. The number of rotatable bonds is 1. The molecular weight excluding hydrogens is 216 g/mol. The zero-order valence-electron chi connectivity index (χ0n) is 6.80. The Morgan fingerprint density at radius 1 is 1.42 bits per heavy atom. The molecule has 62 valence electrons. The van der Waals surface area contributed by atoms with Crippen molar-refractivity contribution in [1.82, 2.24) is 0 Å². The minimum atomic E-state index is 0.984. The summed E-state index contributed by atoms with van der Waals surface area (Å²) >= 11 is 3.50. The first-order chi connectivity index (χ1) is 5.83. The summed E-state index contributed by atoms with van der Waals surface area (Å²) in [7, 11) is 1.71. The molecule has 1 aliphatic carbocycles. The summed E-state index contributed by atoms with van der Waals surface area (Å²) < 4.78 is 6.40. The van der Waals surface area contributed by atoms with Crippen molar-refractivity contribution in [2.24, 2.45) is 0 Å². The second-order valence-electron chi connectivity index (χ2n) is 2.75. The Hall–Kier alpha value is -0.760. The number of halogens is 1. The van der Waals surface area contributed by atoms with Crippen LogP contribution in [0.2, 0.25) is 0 Å². The fourth-order valence-electron chi connectivity index (χ4n) is 1.49. The van der Waals surface area contributed by atoms with Crippen LogP contribution in [-0.2, 0) is 6.42 Å². The number of ether oxygens (including phenoxy) is 1. The molecule has 0 aromatic heterocycles. The maximum atomic E-state index is 5.25. The standard InChI is InChI=1S/C10H9BrO/c1-12-10-6-5-9(11)7-3-2-4-8(7)10/h2-3,5-6H,4H2,1H3. The van der Waals surface area contributed by atoms with Gasteiger partial charge in [0.2, 0.25) is 0 Å². The summed E-state index contributed by atoms with van der Waals surface area (Å²) in [5, 5.41) is 0. The molecule has 0 saturated carbocycles. The van der Waals surface area contributed by atoms with Crippen molar-refractivity contribution < 1.29 is 4.74 Å². The maximum absolute atomic E-state index is 5.25. The van der Waals surface area contributed by atoms with Gasteiger partial charge in [-0.1, -0.05) is 28.1 Å². The summed E-state index contributed by atoms with van der Waals surface area (Å²) in [5.74, 6) is 0.984. The van der Waals surface area contributed by atoms with E-state index >= 15 is 0 Å². The Kier molecular flexibility index (Phi) is 1.93. The van der Waals surface area contributed by atoms with Crippen molar-refractivity contribution >= 4 is 22.0 Å². The van der Waals surface area contributed by atoms with Crippen LogP contribution in [0.25, 0.3) is 6.08 Å². The van der Waals surface area contributed by atoms with E-state index in [1.807, 2.05) is 12.1 Å². The van der Waals surface area contributed by atoms with Crippen molar-refractivity contribution in [3.05, 3.63) is 33.8 Å². The molecule has 1 aromatic carbocycles. The number of benzene rings is 1. The third-order valence-corrected chi connectivity index (χ3v) is 2.78. The van der Waals surface area contributed by atoms with Crippen LogP contribution in [0.5, 0.6) is 5.75 Å². The Morgan fingerprint density at radius 3 is 3.00 bits per heavy atom. The molecule has 0 amide bonds. The van der Waals surface area contributed by atoms with Gasteiger partial charge in [0.25, 0.3) is 0 Å². The van der Waals surface area contributed by atoms with Crippen molar-refractivity contribution in [2.45, 2.75) is 6.42 Å². The Bertz CT molecular complexity index is 342. The molecule has 0 heterocycles. The second-order valence-corrected chi connectivity index (χ2v) is 3.60. The van der Waals surface area contributed by atoms with Crippen LogP contribution in [0.3, 0.4) is 0 Å². The quantitative estimate of drug-likeness (QED) is 0.713. The number of fused-ring (bicyclic) bond motifs is 1. The number of hydrogen-bond acceptors (Lipinski definition) is 1. The van der Waals surface area contributed by atoms with Crippen LogP contribution in [0.15, 0.2) is 22.7 Å². The van der Waals surface area contributed by atoms with E-state index in [9.17, 15) is 0 Å². The molecule has 0 aliphatic heterocycles. The molecule has 0 unspecified atom stereocenters. The van der Waals surface area contributed by atoms with Gasteiger partial charge in [-0.2, -0.15) is 0 Å². The van der Waals surface area contributed by atoms with Gasteiger partial charge in [-0.3, -0.25) is 0 Å². The van der Waals surface area contributed by atoms with E-state index in [-0.39, 0.29) is 0 Å². The Morgan fingerprint density at radius 2 is 2.25 bits per heavy atom. The Balaban J connectivity index is 2.61. The highest BCUT2D eigenvalue weighted by molar-refractivity contribution is 9.10. The minimum absolute atomic E-state index is 0.984. The van der Waals surface area contributed by atoms with Gasteiger partial charge in [-0.25, -0.2) is 0 Å². The van der Waals surface area contributed by atoms with E-state index in [0.29, 0.717) is 0 Å². The van der Waals surface area contributed by atoms with E-state index in [0.717, 1.165) is 16.6 Å². The lowest BCUT2D eigenvalue weighted by atomic mass is 10.1. The maximum Gasteiger partial charge on any atom is 0.123 e. The summed E-state index contributed by atoms with van der Waals surface area (Å²) in [4.78, 5) is 0. The first kappa shape index (κ1) is 7.87. The predicted molar refractivity (Wildman–Crippen MR) is 53.4 cm³/mol. The molecule has 1 nitrogen and oxygen atoms in total. The topological polar surface area (TPSA) is 9.23 Å². The van der Waals surface area contributed by atoms with Crippen molar-refractivity contribution in [3.8, 4) is 5.75 Å². The van der Waals surface area contributed by atoms with E-state index in [1.165, 1.54) is 11.1 Å². The lowest BCUT2D eigenvalue weighted by molar-refractivity contribution is 0.411. The SMILES string of the molecule is COc1ccc(Br)c2c1CC=C2. The van der Waals surface area contributed by atoms with E-state index in [2.05, 4.69) is 28.1 Å². The molecule has 2 rings (SSSR count). The van der Waals surface area contributed by atoms with Gasteiger partial charge in [0.15, 0.2) is 0 Å². The first-order valence-electron chi connectivity index (χ1n) is 3.85. The van der Waals surface area contributed by atoms with Crippen molar-refractivity contribution in [3.63, 3.8) is 0 Å². The fraction of sp³-hybridized carbons (Fsp3) is 0.200. The third-order valence-electron chi connectivity index (χ3n) is 2.09.